The minimum Gasteiger partial charge on any atom is -0.377 e. The van der Waals surface area contributed by atoms with Crippen LogP contribution < -0.4 is 11.1 Å². The minimum absolute atomic E-state index is 0.00250. The molecule has 1 aliphatic heterocycles. The van der Waals surface area contributed by atoms with E-state index in [1.807, 2.05) is 13.8 Å². The van der Waals surface area contributed by atoms with Crippen molar-refractivity contribution >= 4 is 5.91 Å². The summed E-state index contributed by atoms with van der Waals surface area (Å²) in [6, 6.07) is 0. The van der Waals surface area contributed by atoms with Gasteiger partial charge in [-0.15, -0.1) is 0 Å². The molecule has 1 saturated carbocycles. The van der Waals surface area contributed by atoms with Crippen molar-refractivity contribution in [3.8, 4) is 0 Å². The number of carbonyl (C=O) groups is 1. The van der Waals surface area contributed by atoms with Gasteiger partial charge in [-0.1, -0.05) is 27.2 Å². The number of amides is 1. The number of carbonyl (C=O) groups excluding carboxylic acids is 1. The van der Waals surface area contributed by atoms with Crippen molar-refractivity contribution in [1.29, 1.82) is 0 Å². The Balaban J connectivity index is 2.05. The quantitative estimate of drug-likeness (QED) is 0.722. The van der Waals surface area contributed by atoms with Crippen LogP contribution in [0, 0.1) is 11.3 Å². The summed E-state index contributed by atoms with van der Waals surface area (Å²) in [5.41, 5.74) is 5.39. The molecule has 2 fully saturated rings. The first-order valence-electron chi connectivity index (χ1n) is 6.65. The molecule has 0 aromatic carbocycles. The van der Waals surface area contributed by atoms with Gasteiger partial charge < -0.3 is 15.8 Å². The van der Waals surface area contributed by atoms with Crippen LogP contribution in [0.15, 0.2) is 0 Å². The summed E-state index contributed by atoms with van der Waals surface area (Å²) in [7, 11) is 0. The molecule has 1 saturated heterocycles. The predicted molar refractivity (Wildman–Crippen MR) is 66.5 cm³/mol. The van der Waals surface area contributed by atoms with E-state index in [1.54, 1.807) is 0 Å². The zero-order valence-corrected chi connectivity index (χ0v) is 11.1. The van der Waals surface area contributed by atoms with Crippen LogP contribution in [0.1, 0.15) is 40.0 Å². The lowest BCUT2D eigenvalue weighted by molar-refractivity contribution is -0.175. The van der Waals surface area contributed by atoms with E-state index >= 15 is 0 Å². The molecule has 0 bridgehead atoms. The van der Waals surface area contributed by atoms with Crippen LogP contribution in [0.4, 0.5) is 0 Å². The Bertz CT molecular complexity index is 317. The maximum Gasteiger partial charge on any atom is 0.241 e. The van der Waals surface area contributed by atoms with Crippen LogP contribution in [0.5, 0.6) is 0 Å². The van der Waals surface area contributed by atoms with E-state index in [4.69, 9.17) is 10.5 Å². The molecule has 0 aromatic heterocycles. The summed E-state index contributed by atoms with van der Waals surface area (Å²) in [4.78, 5) is 12.3. The second-order valence-corrected chi connectivity index (χ2v) is 5.89. The molecule has 2 aliphatic rings. The molecule has 98 valence electrons. The summed E-state index contributed by atoms with van der Waals surface area (Å²) in [6.07, 6.45) is 3.15. The van der Waals surface area contributed by atoms with Gasteiger partial charge in [0.2, 0.25) is 5.91 Å². The molecule has 3 N–H and O–H groups in total. The third kappa shape index (κ3) is 1.61. The van der Waals surface area contributed by atoms with Crippen molar-refractivity contribution < 1.29 is 9.53 Å². The summed E-state index contributed by atoms with van der Waals surface area (Å²) >= 11 is 0. The fourth-order valence-electron chi connectivity index (χ4n) is 3.37. The second kappa shape index (κ2) is 4.25. The first-order chi connectivity index (χ1) is 7.96. The highest BCUT2D eigenvalue weighted by Crippen LogP contribution is 2.58. The summed E-state index contributed by atoms with van der Waals surface area (Å²) in [6.45, 7) is 7.65. The van der Waals surface area contributed by atoms with Gasteiger partial charge >= 0.3 is 0 Å². The molecule has 2 rings (SSSR count). The molecular formula is C13H24N2O2. The van der Waals surface area contributed by atoms with Gasteiger partial charge in [-0.2, -0.15) is 0 Å². The SMILES string of the molecule is CCCCNC(=O)C1(N)C2CCOC2C1(C)C. The minimum atomic E-state index is -0.748. The molecule has 0 aromatic rings. The topological polar surface area (TPSA) is 64.4 Å². The summed E-state index contributed by atoms with van der Waals surface area (Å²) < 4.78 is 5.68. The Kier molecular flexibility index (Phi) is 3.21. The number of nitrogens with one attached hydrogen (secondary N) is 1. The predicted octanol–water partition coefficient (Wildman–Crippen LogP) is 1.05. The van der Waals surface area contributed by atoms with E-state index in [9.17, 15) is 4.79 Å². The number of hydrogen-bond donors (Lipinski definition) is 2. The maximum absolute atomic E-state index is 12.3. The molecule has 4 heteroatoms. The molecule has 3 atom stereocenters. The zero-order valence-electron chi connectivity index (χ0n) is 11.1. The normalized spacial score (nSPS) is 38.4. The molecule has 4 nitrogen and oxygen atoms in total. The zero-order chi connectivity index (χ0) is 12.7. The third-order valence-corrected chi connectivity index (χ3v) is 4.65. The lowest BCUT2D eigenvalue weighted by Gasteiger charge is -2.60. The molecule has 1 heterocycles. The Labute approximate surface area is 103 Å². The van der Waals surface area contributed by atoms with E-state index in [2.05, 4.69) is 12.2 Å². The van der Waals surface area contributed by atoms with Crippen LogP contribution in [0.3, 0.4) is 0 Å². The molecule has 0 radical (unpaired) electrons. The average Bonchev–Trinajstić information content (AvgIpc) is 2.75. The maximum atomic E-state index is 12.3. The molecular weight excluding hydrogens is 216 g/mol. The molecule has 0 spiro atoms. The van der Waals surface area contributed by atoms with Crippen LogP contribution in [-0.2, 0) is 9.53 Å². The fraction of sp³-hybridized carbons (Fsp3) is 0.923. The monoisotopic (exact) mass is 240 g/mol. The largest absolute Gasteiger partial charge is 0.377 e. The van der Waals surface area contributed by atoms with Gasteiger partial charge in [0.05, 0.1) is 6.10 Å². The van der Waals surface area contributed by atoms with Crippen LogP contribution >= 0.6 is 0 Å². The third-order valence-electron chi connectivity index (χ3n) is 4.65. The van der Waals surface area contributed by atoms with Crippen molar-refractivity contribution in [2.45, 2.75) is 51.7 Å². The van der Waals surface area contributed by atoms with Crippen molar-refractivity contribution in [3.63, 3.8) is 0 Å². The molecule has 1 amide bonds. The van der Waals surface area contributed by atoms with Gasteiger partial charge in [0.15, 0.2) is 0 Å². The van der Waals surface area contributed by atoms with Crippen LogP contribution in [-0.4, -0.2) is 30.7 Å². The van der Waals surface area contributed by atoms with Crippen LogP contribution in [0.2, 0.25) is 0 Å². The van der Waals surface area contributed by atoms with Gasteiger partial charge in [-0.25, -0.2) is 0 Å². The Hall–Kier alpha value is -0.610. The standard InChI is InChI=1S/C13H24N2O2/c1-4-5-7-15-11(16)13(14)9-6-8-17-10(9)12(13,2)3/h9-10H,4-8,14H2,1-3H3,(H,15,16). The van der Waals surface area contributed by atoms with Crippen LogP contribution in [0.25, 0.3) is 0 Å². The molecule has 3 unspecified atom stereocenters. The Morgan fingerprint density at radius 1 is 1.53 bits per heavy atom. The highest BCUT2D eigenvalue weighted by Gasteiger charge is 2.71. The highest BCUT2D eigenvalue weighted by molar-refractivity contribution is 5.89. The molecule has 17 heavy (non-hydrogen) atoms. The van der Waals surface area contributed by atoms with Crippen molar-refractivity contribution in [2.75, 3.05) is 13.2 Å². The first-order valence-corrected chi connectivity index (χ1v) is 6.65. The van der Waals surface area contributed by atoms with E-state index in [-0.39, 0.29) is 23.3 Å². The lowest BCUT2D eigenvalue weighted by Crippen LogP contribution is -2.80. The number of fused-ring (bicyclic) bond motifs is 1. The first kappa shape index (κ1) is 12.8. The number of rotatable bonds is 4. The number of hydrogen-bond acceptors (Lipinski definition) is 3. The highest BCUT2D eigenvalue weighted by atomic mass is 16.5. The second-order valence-electron chi connectivity index (χ2n) is 5.89. The van der Waals surface area contributed by atoms with Gasteiger partial charge in [-0.3, -0.25) is 4.79 Å². The van der Waals surface area contributed by atoms with Gasteiger partial charge in [-0.05, 0) is 12.8 Å². The number of ether oxygens (including phenoxy) is 1. The molecule has 1 aliphatic carbocycles. The van der Waals surface area contributed by atoms with Gasteiger partial charge in [0.1, 0.15) is 5.54 Å². The smallest absolute Gasteiger partial charge is 0.241 e. The van der Waals surface area contributed by atoms with E-state index < -0.39 is 5.54 Å². The Morgan fingerprint density at radius 3 is 2.88 bits per heavy atom. The lowest BCUT2D eigenvalue weighted by atomic mass is 9.48. The summed E-state index contributed by atoms with van der Waals surface area (Å²) in [5.74, 6) is 0.196. The van der Waals surface area contributed by atoms with E-state index in [0.717, 1.165) is 32.4 Å². The fourth-order valence-corrected chi connectivity index (χ4v) is 3.37. The number of nitrogens with two attached hydrogens (primary N) is 1. The van der Waals surface area contributed by atoms with Gasteiger partial charge in [0.25, 0.3) is 0 Å². The summed E-state index contributed by atoms with van der Waals surface area (Å²) in [5, 5.41) is 2.97. The van der Waals surface area contributed by atoms with Gasteiger partial charge in [0, 0.05) is 24.5 Å². The van der Waals surface area contributed by atoms with Crippen molar-refractivity contribution in [3.05, 3.63) is 0 Å². The van der Waals surface area contributed by atoms with E-state index in [0.29, 0.717) is 0 Å². The number of unbranched alkanes of at least 4 members (excludes halogenated alkanes) is 1. The van der Waals surface area contributed by atoms with E-state index in [1.165, 1.54) is 0 Å². The van der Waals surface area contributed by atoms with Crippen molar-refractivity contribution in [1.82, 2.24) is 5.32 Å². The van der Waals surface area contributed by atoms with Crippen molar-refractivity contribution in [2.24, 2.45) is 17.1 Å². The Morgan fingerprint density at radius 2 is 2.24 bits per heavy atom. The average molecular weight is 240 g/mol.